The summed E-state index contributed by atoms with van der Waals surface area (Å²) in [4.78, 5) is 2.52. The first kappa shape index (κ1) is 7.17. The average Bonchev–Trinajstić information content (AvgIpc) is 2.58. The molecule has 0 bridgehead atoms. The third-order valence-corrected chi connectivity index (χ3v) is 2.52. The molecule has 0 N–H and O–H groups in total. The molecule has 1 unspecified atom stereocenters. The fourth-order valence-electron chi connectivity index (χ4n) is 1.83. The molecule has 0 saturated carbocycles. The molecule has 2 heteroatoms. The average molecular weight is 153 g/mol. The Morgan fingerprint density at radius 3 is 2.64 bits per heavy atom. The van der Waals surface area contributed by atoms with Crippen LogP contribution in [0.4, 0.5) is 0 Å². The summed E-state index contributed by atoms with van der Waals surface area (Å²) in [5.41, 5.74) is 0. The molecule has 11 heavy (non-hydrogen) atoms. The van der Waals surface area contributed by atoms with Gasteiger partial charge >= 0.3 is 0 Å². The molecule has 62 valence electrons. The summed E-state index contributed by atoms with van der Waals surface area (Å²) in [6, 6.07) is 0.579. The highest BCUT2D eigenvalue weighted by Crippen LogP contribution is 2.15. The molecule has 0 radical (unpaired) electrons. The highest BCUT2D eigenvalue weighted by molar-refractivity contribution is 4.96. The maximum Gasteiger partial charge on any atom is 0.106 e. The molecule has 2 heterocycles. The van der Waals surface area contributed by atoms with Crippen molar-refractivity contribution in [2.45, 2.75) is 25.3 Å². The van der Waals surface area contributed by atoms with E-state index in [-0.39, 0.29) is 0 Å². The van der Waals surface area contributed by atoms with Gasteiger partial charge in [0.2, 0.25) is 0 Å². The molecule has 0 aromatic rings. The van der Waals surface area contributed by atoms with Gasteiger partial charge in [-0.25, -0.2) is 0 Å². The zero-order valence-electron chi connectivity index (χ0n) is 6.83. The lowest BCUT2D eigenvalue weighted by Crippen LogP contribution is -2.38. The molecule has 0 aromatic carbocycles. The molecule has 1 atom stereocenters. The van der Waals surface area contributed by atoms with Crippen LogP contribution in [0.2, 0.25) is 0 Å². The quantitative estimate of drug-likeness (QED) is 0.564. The molecule has 0 aliphatic carbocycles. The molecule has 2 aliphatic heterocycles. The van der Waals surface area contributed by atoms with Crippen molar-refractivity contribution in [1.29, 1.82) is 0 Å². The molecule has 0 aromatic heterocycles. The zero-order chi connectivity index (χ0) is 7.52. The van der Waals surface area contributed by atoms with E-state index in [4.69, 9.17) is 4.74 Å². The number of hydrogen-bond acceptors (Lipinski definition) is 2. The predicted octanol–water partition coefficient (Wildman–Crippen LogP) is 1.38. The Labute approximate surface area is 67.8 Å². The molecule has 0 spiro atoms. The Morgan fingerprint density at radius 1 is 1.18 bits per heavy atom. The SMILES string of the molecule is C1=CC(N2CCCCC2)CO1. The van der Waals surface area contributed by atoms with Crippen LogP contribution in [0, 0.1) is 0 Å². The standard InChI is InChI=1S/C9H15NO/c1-2-5-10(6-3-1)9-4-7-11-8-9/h4,7,9H,1-3,5-6,8H2. The third-order valence-electron chi connectivity index (χ3n) is 2.52. The Morgan fingerprint density at radius 2 is 2.00 bits per heavy atom. The van der Waals surface area contributed by atoms with Crippen molar-refractivity contribution in [2.75, 3.05) is 19.7 Å². The highest BCUT2D eigenvalue weighted by Gasteiger charge is 2.20. The van der Waals surface area contributed by atoms with Gasteiger partial charge in [-0.1, -0.05) is 6.42 Å². The summed E-state index contributed by atoms with van der Waals surface area (Å²) >= 11 is 0. The van der Waals surface area contributed by atoms with E-state index in [9.17, 15) is 0 Å². The van der Waals surface area contributed by atoms with Crippen molar-refractivity contribution in [1.82, 2.24) is 4.90 Å². The van der Waals surface area contributed by atoms with E-state index in [0.29, 0.717) is 6.04 Å². The molecule has 2 nitrogen and oxygen atoms in total. The summed E-state index contributed by atoms with van der Waals surface area (Å²) in [7, 11) is 0. The predicted molar refractivity (Wildman–Crippen MR) is 44.3 cm³/mol. The molecule has 2 rings (SSSR count). The van der Waals surface area contributed by atoms with Crippen LogP contribution in [-0.4, -0.2) is 30.6 Å². The minimum absolute atomic E-state index is 0.579. The van der Waals surface area contributed by atoms with Gasteiger partial charge in [-0.05, 0) is 32.0 Å². The molecule has 1 fully saturated rings. The van der Waals surface area contributed by atoms with Crippen LogP contribution in [0.5, 0.6) is 0 Å². The number of ether oxygens (including phenoxy) is 1. The molecular formula is C9H15NO. The monoisotopic (exact) mass is 153 g/mol. The number of piperidine rings is 1. The second-order valence-electron chi connectivity index (χ2n) is 3.33. The topological polar surface area (TPSA) is 12.5 Å². The van der Waals surface area contributed by atoms with E-state index in [0.717, 1.165) is 6.61 Å². The first-order chi connectivity index (χ1) is 5.47. The van der Waals surface area contributed by atoms with Gasteiger partial charge in [-0.3, -0.25) is 4.90 Å². The van der Waals surface area contributed by atoms with Gasteiger partial charge in [0.15, 0.2) is 0 Å². The van der Waals surface area contributed by atoms with Crippen LogP contribution in [0.1, 0.15) is 19.3 Å². The van der Waals surface area contributed by atoms with Crippen LogP contribution in [-0.2, 0) is 4.74 Å². The second-order valence-corrected chi connectivity index (χ2v) is 3.33. The lowest BCUT2D eigenvalue weighted by Gasteiger charge is -2.30. The van der Waals surface area contributed by atoms with Crippen LogP contribution in [0.15, 0.2) is 12.3 Å². The van der Waals surface area contributed by atoms with Crippen molar-refractivity contribution in [3.63, 3.8) is 0 Å². The fourth-order valence-corrected chi connectivity index (χ4v) is 1.83. The molecular weight excluding hydrogens is 138 g/mol. The summed E-state index contributed by atoms with van der Waals surface area (Å²) in [6.07, 6.45) is 8.15. The lowest BCUT2D eigenvalue weighted by atomic mass is 10.1. The van der Waals surface area contributed by atoms with Gasteiger partial charge < -0.3 is 4.74 Å². The summed E-state index contributed by atoms with van der Waals surface area (Å²) in [5.74, 6) is 0. The van der Waals surface area contributed by atoms with E-state index in [1.807, 2.05) is 6.26 Å². The Hall–Kier alpha value is -0.500. The van der Waals surface area contributed by atoms with E-state index in [2.05, 4.69) is 11.0 Å². The molecule has 2 aliphatic rings. The highest BCUT2D eigenvalue weighted by atomic mass is 16.5. The smallest absolute Gasteiger partial charge is 0.106 e. The van der Waals surface area contributed by atoms with Crippen LogP contribution in [0.25, 0.3) is 0 Å². The van der Waals surface area contributed by atoms with E-state index < -0.39 is 0 Å². The van der Waals surface area contributed by atoms with Gasteiger partial charge in [0.25, 0.3) is 0 Å². The van der Waals surface area contributed by atoms with Gasteiger partial charge in [-0.15, -0.1) is 0 Å². The Balaban J connectivity index is 1.87. The van der Waals surface area contributed by atoms with Crippen molar-refractivity contribution < 1.29 is 4.74 Å². The maximum atomic E-state index is 5.19. The number of hydrogen-bond donors (Lipinski definition) is 0. The first-order valence-electron chi connectivity index (χ1n) is 4.49. The van der Waals surface area contributed by atoms with E-state index in [1.165, 1.54) is 32.4 Å². The minimum atomic E-state index is 0.579. The van der Waals surface area contributed by atoms with E-state index >= 15 is 0 Å². The van der Waals surface area contributed by atoms with Gasteiger partial charge in [0.1, 0.15) is 6.61 Å². The lowest BCUT2D eigenvalue weighted by molar-refractivity contribution is 0.143. The van der Waals surface area contributed by atoms with Crippen molar-refractivity contribution in [3.8, 4) is 0 Å². The van der Waals surface area contributed by atoms with E-state index in [1.54, 1.807) is 0 Å². The van der Waals surface area contributed by atoms with Crippen LogP contribution >= 0.6 is 0 Å². The maximum absolute atomic E-state index is 5.19. The Bertz CT molecular complexity index is 150. The number of likely N-dealkylation sites (tertiary alicyclic amines) is 1. The second kappa shape index (κ2) is 3.26. The van der Waals surface area contributed by atoms with Gasteiger partial charge in [0, 0.05) is 0 Å². The summed E-state index contributed by atoms with van der Waals surface area (Å²) < 4.78 is 5.19. The summed E-state index contributed by atoms with van der Waals surface area (Å²) in [6.45, 7) is 3.40. The van der Waals surface area contributed by atoms with Crippen molar-refractivity contribution in [2.24, 2.45) is 0 Å². The molecule has 0 amide bonds. The van der Waals surface area contributed by atoms with Crippen LogP contribution in [0.3, 0.4) is 0 Å². The largest absolute Gasteiger partial charge is 0.499 e. The molecule has 1 saturated heterocycles. The summed E-state index contributed by atoms with van der Waals surface area (Å²) in [5, 5.41) is 0. The zero-order valence-corrected chi connectivity index (χ0v) is 6.83. The first-order valence-corrected chi connectivity index (χ1v) is 4.49. The van der Waals surface area contributed by atoms with Crippen LogP contribution < -0.4 is 0 Å². The minimum Gasteiger partial charge on any atom is -0.499 e. The van der Waals surface area contributed by atoms with Gasteiger partial charge in [0.05, 0.1) is 12.3 Å². The van der Waals surface area contributed by atoms with Crippen molar-refractivity contribution in [3.05, 3.63) is 12.3 Å². The normalized spacial score (nSPS) is 32.2. The number of rotatable bonds is 1. The van der Waals surface area contributed by atoms with Crippen molar-refractivity contribution >= 4 is 0 Å². The fraction of sp³-hybridized carbons (Fsp3) is 0.778. The Kier molecular flexibility index (Phi) is 2.13. The van der Waals surface area contributed by atoms with Gasteiger partial charge in [-0.2, -0.15) is 0 Å². The number of nitrogens with zero attached hydrogens (tertiary/aromatic N) is 1. The third kappa shape index (κ3) is 1.56.